The van der Waals surface area contributed by atoms with Crippen molar-refractivity contribution in [2.45, 2.75) is 44.7 Å². The normalized spacial score (nSPS) is 16.5. The van der Waals surface area contributed by atoms with Crippen LogP contribution in [0.1, 0.15) is 42.8 Å². The molecule has 0 amide bonds. The van der Waals surface area contributed by atoms with Crippen LogP contribution in [0.15, 0.2) is 47.1 Å². The van der Waals surface area contributed by atoms with E-state index in [1.165, 1.54) is 18.4 Å². The molecule has 1 N–H and O–H groups in total. The summed E-state index contributed by atoms with van der Waals surface area (Å²) in [6.45, 7) is 2.75. The Hall–Kier alpha value is -2.47. The molecule has 124 valence electrons. The first kappa shape index (κ1) is 15.1. The van der Waals surface area contributed by atoms with Crippen LogP contribution in [0.5, 0.6) is 0 Å². The van der Waals surface area contributed by atoms with Crippen LogP contribution in [0.3, 0.4) is 0 Å². The maximum atomic E-state index is 5.46. The van der Waals surface area contributed by atoms with Gasteiger partial charge in [-0.2, -0.15) is 4.68 Å². The number of hydrogen-bond donors (Lipinski definition) is 1. The lowest BCUT2D eigenvalue weighted by atomic mass is 9.96. The van der Waals surface area contributed by atoms with Crippen LogP contribution >= 0.6 is 0 Å². The molecule has 1 aromatic carbocycles. The molecule has 0 unspecified atom stereocenters. The number of aromatic nitrogens is 4. The van der Waals surface area contributed by atoms with Gasteiger partial charge in [0, 0.05) is 0 Å². The summed E-state index contributed by atoms with van der Waals surface area (Å²) in [6, 6.07) is 12.2. The van der Waals surface area contributed by atoms with Crippen LogP contribution in [-0.2, 0) is 12.1 Å². The van der Waals surface area contributed by atoms with E-state index in [9.17, 15) is 0 Å². The van der Waals surface area contributed by atoms with E-state index in [4.69, 9.17) is 4.42 Å². The third kappa shape index (κ3) is 2.73. The Kier molecular flexibility index (Phi) is 3.90. The monoisotopic (exact) mass is 323 g/mol. The largest absolute Gasteiger partial charge is 0.468 e. The summed E-state index contributed by atoms with van der Waals surface area (Å²) < 4.78 is 7.32. The molecule has 0 atom stereocenters. The molecule has 2 aromatic heterocycles. The molecule has 4 rings (SSSR count). The Balaban J connectivity index is 1.67. The topological polar surface area (TPSA) is 68.8 Å². The van der Waals surface area contributed by atoms with Crippen LogP contribution in [0, 0.1) is 6.92 Å². The fraction of sp³-hybridized carbons (Fsp3) is 0.389. The highest BCUT2D eigenvalue weighted by Gasteiger charge is 2.40. The third-order valence-electron chi connectivity index (χ3n) is 4.81. The number of nitrogens with zero attached hydrogens (tertiary/aromatic N) is 4. The first-order chi connectivity index (χ1) is 11.8. The zero-order valence-corrected chi connectivity index (χ0v) is 13.8. The molecule has 6 heteroatoms. The molecule has 0 radical (unpaired) electrons. The van der Waals surface area contributed by atoms with Crippen molar-refractivity contribution >= 4 is 0 Å². The van der Waals surface area contributed by atoms with Crippen LogP contribution < -0.4 is 5.32 Å². The van der Waals surface area contributed by atoms with E-state index < -0.39 is 0 Å². The number of hydrogen-bond acceptors (Lipinski definition) is 5. The molecule has 0 saturated heterocycles. The number of benzene rings is 1. The number of aryl methyl sites for hydroxylation is 1. The zero-order valence-electron chi connectivity index (χ0n) is 13.8. The van der Waals surface area contributed by atoms with Gasteiger partial charge in [0.2, 0.25) is 0 Å². The molecule has 3 aromatic rings. The Morgan fingerprint density at radius 3 is 2.67 bits per heavy atom. The molecule has 0 spiro atoms. The maximum absolute atomic E-state index is 5.46. The minimum absolute atomic E-state index is 0.207. The second-order valence-electron chi connectivity index (χ2n) is 6.47. The van der Waals surface area contributed by atoms with Gasteiger partial charge in [-0.05, 0) is 54.5 Å². The first-order valence-electron chi connectivity index (χ1n) is 8.40. The van der Waals surface area contributed by atoms with Gasteiger partial charge in [-0.1, -0.05) is 30.5 Å². The average Bonchev–Trinajstić information content (AvgIpc) is 3.34. The van der Waals surface area contributed by atoms with Crippen LogP contribution in [0.2, 0.25) is 0 Å². The van der Waals surface area contributed by atoms with E-state index in [0.717, 1.165) is 30.1 Å². The van der Waals surface area contributed by atoms with Gasteiger partial charge in [0.1, 0.15) is 5.76 Å². The van der Waals surface area contributed by atoms with Crippen molar-refractivity contribution in [2.75, 3.05) is 0 Å². The van der Waals surface area contributed by atoms with E-state index >= 15 is 0 Å². The molecule has 1 saturated carbocycles. The standard InChI is InChI=1S/C18H21N5O/c1-14-6-8-15(9-7-14)23-17(20-21-22-23)18(10-2-3-11-18)19-13-16-5-4-12-24-16/h4-9,12,19H,2-3,10-11,13H2,1H3. The molecule has 0 aliphatic heterocycles. The Morgan fingerprint density at radius 2 is 1.96 bits per heavy atom. The summed E-state index contributed by atoms with van der Waals surface area (Å²) in [6.07, 6.45) is 6.10. The van der Waals surface area contributed by atoms with Crippen molar-refractivity contribution in [3.8, 4) is 5.69 Å². The number of tetrazole rings is 1. The fourth-order valence-electron chi connectivity index (χ4n) is 3.47. The minimum Gasteiger partial charge on any atom is -0.468 e. The highest BCUT2D eigenvalue weighted by molar-refractivity contribution is 5.35. The highest BCUT2D eigenvalue weighted by Crippen LogP contribution is 2.38. The van der Waals surface area contributed by atoms with Crippen LogP contribution in [0.4, 0.5) is 0 Å². The van der Waals surface area contributed by atoms with Crippen LogP contribution in [0.25, 0.3) is 5.69 Å². The number of furan rings is 1. The van der Waals surface area contributed by atoms with E-state index in [1.54, 1.807) is 6.26 Å². The Labute approximate surface area is 140 Å². The lowest BCUT2D eigenvalue weighted by Gasteiger charge is -2.28. The molecule has 24 heavy (non-hydrogen) atoms. The number of rotatable bonds is 5. The van der Waals surface area contributed by atoms with E-state index in [0.29, 0.717) is 6.54 Å². The molecule has 1 aliphatic carbocycles. The van der Waals surface area contributed by atoms with Gasteiger partial charge in [0.25, 0.3) is 0 Å². The predicted octanol–water partition coefficient (Wildman–Crippen LogP) is 3.12. The molecule has 1 aliphatic rings. The van der Waals surface area contributed by atoms with E-state index in [2.05, 4.69) is 52.0 Å². The summed E-state index contributed by atoms with van der Waals surface area (Å²) in [5, 5.41) is 16.2. The molecule has 1 fully saturated rings. The maximum Gasteiger partial charge on any atom is 0.176 e. The minimum atomic E-state index is -0.207. The second-order valence-corrected chi connectivity index (χ2v) is 6.47. The van der Waals surface area contributed by atoms with E-state index in [1.807, 2.05) is 16.8 Å². The van der Waals surface area contributed by atoms with Crippen molar-refractivity contribution in [1.82, 2.24) is 25.5 Å². The molecule has 0 bridgehead atoms. The highest BCUT2D eigenvalue weighted by atomic mass is 16.3. The van der Waals surface area contributed by atoms with Gasteiger partial charge >= 0.3 is 0 Å². The quantitative estimate of drug-likeness (QED) is 0.781. The average molecular weight is 323 g/mol. The molecule has 6 nitrogen and oxygen atoms in total. The lowest BCUT2D eigenvalue weighted by Crippen LogP contribution is -2.41. The summed E-state index contributed by atoms with van der Waals surface area (Å²) >= 11 is 0. The Morgan fingerprint density at radius 1 is 1.17 bits per heavy atom. The summed E-state index contributed by atoms with van der Waals surface area (Å²) in [5.74, 6) is 1.81. The lowest BCUT2D eigenvalue weighted by molar-refractivity contribution is 0.298. The van der Waals surface area contributed by atoms with Gasteiger partial charge in [0.05, 0.1) is 24.0 Å². The zero-order chi connectivity index (χ0) is 16.4. The van der Waals surface area contributed by atoms with Gasteiger partial charge in [-0.3, -0.25) is 5.32 Å². The molecular formula is C18H21N5O. The van der Waals surface area contributed by atoms with Crippen molar-refractivity contribution in [1.29, 1.82) is 0 Å². The predicted molar refractivity (Wildman–Crippen MR) is 89.6 cm³/mol. The summed E-state index contributed by atoms with van der Waals surface area (Å²) in [5.41, 5.74) is 2.01. The van der Waals surface area contributed by atoms with Gasteiger partial charge in [-0.15, -0.1) is 5.10 Å². The summed E-state index contributed by atoms with van der Waals surface area (Å²) in [7, 11) is 0. The van der Waals surface area contributed by atoms with Crippen molar-refractivity contribution < 1.29 is 4.42 Å². The van der Waals surface area contributed by atoms with Crippen LogP contribution in [-0.4, -0.2) is 20.2 Å². The second kappa shape index (κ2) is 6.20. The van der Waals surface area contributed by atoms with Gasteiger partial charge < -0.3 is 4.42 Å². The van der Waals surface area contributed by atoms with Crippen molar-refractivity contribution in [3.63, 3.8) is 0 Å². The smallest absolute Gasteiger partial charge is 0.176 e. The summed E-state index contributed by atoms with van der Waals surface area (Å²) in [4.78, 5) is 0. The first-order valence-corrected chi connectivity index (χ1v) is 8.40. The Bertz CT molecular complexity index is 785. The van der Waals surface area contributed by atoms with Gasteiger partial charge in [-0.25, -0.2) is 0 Å². The third-order valence-corrected chi connectivity index (χ3v) is 4.81. The van der Waals surface area contributed by atoms with Crippen molar-refractivity contribution in [3.05, 3.63) is 59.8 Å². The molecule has 2 heterocycles. The van der Waals surface area contributed by atoms with Gasteiger partial charge in [0.15, 0.2) is 5.82 Å². The fourth-order valence-corrected chi connectivity index (χ4v) is 3.47. The molecular weight excluding hydrogens is 302 g/mol. The van der Waals surface area contributed by atoms with E-state index in [-0.39, 0.29) is 5.54 Å². The van der Waals surface area contributed by atoms with Crippen molar-refractivity contribution in [2.24, 2.45) is 0 Å². The number of nitrogens with one attached hydrogen (secondary N) is 1. The SMILES string of the molecule is Cc1ccc(-n2nnnc2C2(NCc3ccco3)CCCC2)cc1.